The Morgan fingerprint density at radius 2 is 2.11 bits per heavy atom. The maximum absolute atomic E-state index is 6.13. The summed E-state index contributed by atoms with van der Waals surface area (Å²) in [6.45, 7) is 1.91. The highest BCUT2D eigenvalue weighted by Gasteiger charge is 2.13. The number of nitrogens with zero attached hydrogens (tertiary/aromatic N) is 1. The van der Waals surface area contributed by atoms with Crippen LogP contribution in [-0.4, -0.2) is 18.2 Å². The molecule has 2 heterocycles. The summed E-state index contributed by atoms with van der Waals surface area (Å²) in [6, 6.07) is 6.05. The SMILES string of the molecule is NC(CCCCC1CCOCC1)c1ccccn1. The first-order chi connectivity index (χ1) is 8.86. The van der Waals surface area contributed by atoms with E-state index in [-0.39, 0.29) is 6.04 Å². The van der Waals surface area contributed by atoms with E-state index < -0.39 is 0 Å². The molecule has 3 nitrogen and oxygen atoms in total. The van der Waals surface area contributed by atoms with Gasteiger partial charge in [0.1, 0.15) is 0 Å². The van der Waals surface area contributed by atoms with Gasteiger partial charge in [-0.2, -0.15) is 0 Å². The van der Waals surface area contributed by atoms with Crippen LogP contribution in [0.25, 0.3) is 0 Å². The Bertz CT molecular complexity index is 323. The van der Waals surface area contributed by atoms with Gasteiger partial charge in [0, 0.05) is 25.5 Å². The van der Waals surface area contributed by atoms with Crippen LogP contribution in [0.15, 0.2) is 24.4 Å². The summed E-state index contributed by atoms with van der Waals surface area (Å²) in [5.41, 5.74) is 7.15. The van der Waals surface area contributed by atoms with E-state index in [0.29, 0.717) is 0 Å². The van der Waals surface area contributed by atoms with Crippen LogP contribution in [0.5, 0.6) is 0 Å². The number of hydrogen-bond acceptors (Lipinski definition) is 3. The number of ether oxygens (including phenoxy) is 1. The zero-order valence-electron chi connectivity index (χ0n) is 11.1. The standard InChI is InChI=1S/C15H24N2O/c16-14(15-7-3-4-10-17-15)6-2-1-5-13-8-11-18-12-9-13/h3-4,7,10,13-14H,1-2,5-6,8-9,11-12,16H2. The van der Waals surface area contributed by atoms with Crippen LogP contribution >= 0.6 is 0 Å². The van der Waals surface area contributed by atoms with Gasteiger partial charge in [-0.1, -0.05) is 25.3 Å². The normalized spacial score (nSPS) is 18.7. The van der Waals surface area contributed by atoms with Gasteiger partial charge in [-0.3, -0.25) is 4.98 Å². The zero-order valence-corrected chi connectivity index (χ0v) is 11.1. The van der Waals surface area contributed by atoms with E-state index in [4.69, 9.17) is 10.5 Å². The minimum atomic E-state index is 0.0980. The van der Waals surface area contributed by atoms with Gasteiger partial charge in [0.2, 0.25) is 0 Å². The molecule has 18 heavy (non-hydrogen) atoms. The molecule has 100 valence electrons. The Balaban J connectivity index is 1.60. The van der Waals surface area contributed by atoms with Crippen molar-refractivity contribution in [2.24, 2.45) is 11.7 Å². The van der Waals surface area contributed by atoms with Crippen LogP contribution in [0.3, 0.4) is 0 Å². The molecule has 1 aliphatic rings. The molecule has 1 aliphatic heterocycles. The van der Waals surface area contributed by atoms with Crippen molar-refractivity contribution in [1.82, 2.24) is 4.98 Å². The molecule has 2 N–H and O–H groups in total. The van der Waals surface area contributed by atoms with Gasteiger partial charge in [-0.15, -0.1) is 0 Å². The summed E-state index contributed by atoms with van der Waals surface area (Å²) in [7, 11) is 0. The number of aromatic nitrogens is 1. The smallest absolute Gasteiger partial charge is 0.0570 e. The first-order valence-electron chi connectivity index (χ1n) is 7.10. The molecule has 1 aromatic heterocycles. The second kappa shape index (κ2) is 7.49. The summed E-state index contributed by atoms with van der Waals surface area (Å²) >= 11 is 0. The Morgan fingerprint density at radius 3 is 2.83 bits per heavy atom. The van der Waals surface area contributed by atoms with Crippen molar-refractivity contribution < 1.29 is 4.74 Å². The van der Waals surface area contributed by atoms with Crippen LogP contribution in [0.2, 0.25) is 0 Å². The van der Waals surface area contributed by atoms with E-state index >= 15 is 0 Å². The highest BCUT2D eigenvalue weighted by Crippen LogP contribution is 2.22. The lowest BCUT2D eigenvalue weighted by Gasteiger charge is -2.22. The van der Waals surface area contributed by atoms with Gasteiger partial charge >= 0.3 is 0 Å². The molecule has 0 spiro atoms. The lowest BCUT2D eigenvalue weighted by atomic mass is 9.93. The molecular formula is C15H24N2O. The highest BCUT2D eigenvalue weighted by atomic mass is 16.5. The fourth-order valence-electron chi connectivity index (χ4n) is 2.58. The Kier molecular flexibility index (Phi) is 5.62. The van der Waals surface area contributed by atoms with Crippen molar-refractivity contribution in [2.45, 2.75) is 44.6 Å². The Labute approximate surface area is 110 Å². The van der Waals surface area contributed by atoms with E-state index in [2.05, 4.69) is 4.98 Å². The fraction of sp³-hybridized carbons (Fsp3) is 0.667. The van der Waals surface area contributed by atoms with Gasteiger partial charge in [-0.25, -0.2) is 0 Å². The van der Waals surface area contributed by atoms with Crippen molar-refractivity contribution in [3.05, 3.63) is 30.1 Å². The predicted octanol–water partition coefficient (Wildman–Crippen LogP) is 3.07. The lowest BCUT2D eigenvalue weighted by molar-refractivity contribution is 0.0631. The van der Waals surface area contributed by atoms with E-state index in [1.54, 1.807) is 0 Å². The van der Waals surface area contributed by atoms with E-state index in [0.717, 1.165) is 31.2 Å². The molecule has 0 saturated carbocycles. The maximum Gasteiger partial charge on any atom is 0.0570 e. The average molecular weight is 248 g/mol. The van der Waals surface area contributed by atoms with E-state index in [9.17, 15) is 0 Å². The molecule has 1 fully saturated rings. The van der Waals surface area contributed by atoms with Crippen molar-refractivity contribution >= 4 is 0 Å². The maximum atomic E-state index is 6.13. The van der Waals surface area contributed by atoms with E-state index in [1.807, 2.05) is 24.4 Å². The molecule has 0 aliphatic carbocycles. The molecular weight excluding hydrogens is 224 g/mol. The quantitative estimate of drug-likeness (QED) is 0.787. The molecule has 0 radical (unpaired) electrons. The molecule has 1 saturated heterocycles. The van der Waals surface area contributed by atoms with Crippen molar-refractivity contribution in [1.29, 1.82) is 0 Å². The molecule has 1 aromatic rings. The number of pyridine rings is 1. The second-order valence-electron chi connectivity index (χ2n) is 5.20. The zero-order chi connectivity index (χ0) is 12.6. The van der Waals surface area contributed by atoms with Crippen LogP contribution in [-0.2, 0) is 4.74 Å². The average Bonchev–Trinajstić information content (AvgIpc) is 2.45. The van der Waals surface area contributed by atoms with Gasteiger partial charge < -0.3 is 10.5 Å². The first-order valence-corrected chi connectivity index (χ1v) is 7.10. The third-order valence-corrected chi connectivity index (χ3v) is 3.79. The Morgan fingerprint density at radius 1 is 1.28 bits per heavy atom. The number of unbranched alkanes of at least 4 members (excludes halogenated alkanes) is 1. The number of hydrogen-bond donors (Lipinski definition) is 1. The number of rotatable bonds is 6. The van der Waals surface area contributed by atoms with Gasteiger partial charge in [0.05, 0.1) is 5.69 Å². The molecule has 0 aromatic carbocycles. The summed E-state index contributed by atoms with van der Waals surface area (Å²) in [5, 5.41) is 0. The van der Waals surface area contributed by atoms with Crippen molar-refractivity contribution in [3.8, 4) is 0 Å². The van der Waals surface area contributed by atoms with Gasteiger partial charge in [-0.05, 0) is 37.3 Å². The first kappa shape index (κ1) is 13.5. The fourth-order valence-corrected chi connectivity index (χ4v) is 2.58. The number of nitrogens with two attached hydrogens (primary N) is 1. The molecule has 1 atom stereocenters. The molecule has 1 unspecified atom stereocenters. The minimum absolute atomic E-state index is 0.0980. The van der Waals surface area contributed by atoms with Crippen LogP contribution in [0.1, 0.15) is 50.3 Å². The van der Waals surface area contributed by atoms with Crippen molar-refractivity contribution in [2.75, 3.05) is 13.2 Å². The topological polar surface area (TPSA) is 48.1 Å². The minimum Gasteiger partial charge on any atom is -0.381 e. The predicted molar refractivity (Wildman–Crippen MR) is 73.2 cm³/mol. The van der Waals surface area contributed by atoms with Crippen LogP contribution in [0, 0.1) is 5.92 Å². The largest absolute Gasteiger partial charge is 0.381 e. The molecule has 3 heteroatoms. The van der Waals surface area contributed by atoms with Crippen molar-refractivity contribution in [3.63, 3.8) is 0 Å². The second-order valence-corrected chi connectivity index (χ2v) is 5.20. The van der Waals surface area contributed by atoms with Crippen LogP contribution in [0.4, 0.5) is 0 Å². The molecule has 2 rings (SSSR count). The van der Waals surface area contributed by atoms with E-state index in [1.165, 1.54) is 32.1 Å². The highest BCUT2D eigenvalue weighted by molar-refractivity contribution is 5.07. The third kappa shape index (κ3) is 4.39. The van der Waals surface area contributed by atoms with Gasteiger partial charge in [0.25, 0.3) is 0 Å². The molecule has 0 bridgehead atoms. The third-order valence-electron chi connectivity index (χ3n) is 3.79. The summed E-state index contributed by atoms with van der Waals surface area (Å²) in [4.78, 5) is 4.31. The molecule has 0 amide bonds. The lowest BCUT2D eigenvalue weighted by Crippen LogP contribution is -2.16. The van der Waals surface area contributed by atoms with Crippen LogP contribution < -0.4 is 5.73 Å². The summed E-state index contributed by atoms with van der Waals surface area (Å²) in [6.07, 6.45) is 9.16. The monoisotopic (exact) mass is 248 g/mol. The summed E-state index contributed by atoms with van der Waals surface area (Å²) in [5.74, 6) is 0.879. The van der Waals surface area contributed by atoms with Gasteiger partial charge in [0.15, 0.2) is 0 Å². The summed E-state index contributed by atoms with van der Waals surface area (Å²) < 4.78 is 5.37. The Hall–Kier alpha value is -0.930.